The van der Waals surface area contributed by atoms with Gasteiger partial charge in [-0.05, 0) is 52.4 Å². The molecule has 1 aliphatic heterocycles. The van der Waals surface area contributed by atoms with Gasteiger partial charge in [0.15, 0.2) is 0 Å². The minimum absolute atomic E-state index is 0.0751. The van der Waals surface area contributed by atoms with Crippen LogP contribution in [0.1, 0.15) is 46.5 Å². The van der Waals surface area contributed by atoms with Crippen molar-refractivity contribution in [2.75, 3.05) is 26.2 Å². The van der Waals surface area contributed by atoms with E-state index in [-0.39, 0.29) is 23.9 Å². The van der Waals surface area contributed by atoms with Crippen molar-refractivity contribution < 1.29 is 9.84 Å². The first kappa shape index (κ1) is 14.8. The van der Waals surface area contributed by atoms with Gasteiger partial charge in [-0.25, -0.2) is 0 Å². The van der Waals surface area contributed by atoms with Crippen LogP contribution in [-0.4, -0.2) is 59.5 Å². The number of ether oxygens (including phenoxy) is 1. The molecule has 3 rings (SSSR count). The average molecular weight is 282 g/mol. The monoisotopic (exact) mass is 282 g/mol. The van der Waals surface area contributed by atoms with Crippen molar-refractivity contribution in [3.05, 3.63) is 0 Å². The molecule has 1 heterocycles. The summed E-state index contributed by atoms with van der Waals surface area (Å²) in [7, 11) is 0. The number of aliphatic hydroxyl groups excluding tert-OH is 1. The Morgan fingerprint density at radius 3 is 2.50 bits per heavy atom. The summed E-state index contributed by atoms with van der Waals surface area (Å²) < 4.78 is 6.00. The summed E-state index contributed by atoms with van der Waals surface area (Å²) in [4.78, 5) is 2.50. The van der Waals surface area contributed by atoms with Crippen LogP contribution in [0, 0.1) is 5.92 Å². The summed E-state index contributed by atoms with van der Waals surface area (Å²) in [5.74, 6) is 0.661. The molecule has 2 unspecified atom stereocenters. The molecular weight excluding hydrogens is 252 g/mol. The quantitative estimate of drug-likeness (QED) is 0.772. The Morgan fingerprint density at radius 2 is 2.00 bits per heavy atom. The van der Waals surface area contributed by atoms with Gasteiger partial charge >= 0.3 is 0 Å². The van der Waals surface area contributed by atoms with E-state index in [4.69, 9.17) is 4.74 Å². The van der Waals surface area contributed by atoms with E-state index >= 15 is 0 Å². The highest BCUT2D eigenvalue weighted by atomic mass is 16.5. The maximum Gasteiger partial charge on any atom is 0.0757 e. The molecule has 0 spiro atoms. The van der Waals surface area contributed by atoms with Crippen LogP contribution in [0.4, 0.5) is 0 Å². The fourth-order valence-electron chi connectivity index (χ4n) is 3.89. The second kappa shape index (κ2) is 5.24. The van der Waals surface area contributed by atoms with Gasteiger partial charge in [0.2, 0.25) is 0 Å². The second-order valence-corrected chi connectivity index (χ2v) is 7.86. The first-order chi connectivity index (χ1) is 9.42. The van der Waals surface area contributed by atoms with Gasteiger partial charge in [-0.3, -0.25) is 4.90 Å². The molecular formula is C16H30N2O2. The maximum atomic E-state index is 10.1. The normalized spacial score (nSPS) is 33.9. The van der Waals surface area contributed by atoms with Crippen molar-refractivity contribution in [2.45, 2.75) is 69.7 Å². The largest absolute Gasteiger partial charge is 0.394 e. The number of morpholine rings is 1. The number of hydrogen-bond acceptors (Lipinski definition) is 4. The molecule has 4 nitrogen and oxygen atoms in total. The van der Waals surface area contributed by atoms with E-state index in [1.807, 2.05) is 0 Å². The zero-order chi connectivity index (χ0) is 14.4. The van der Waals surface area contributed by atoms with Crippen molar-refractivity contribution in [1.29, 1.82) is 0 Å². The second-order valence-electron chi connectivity index (χ2n) is 7.86. The first-order valence-electron chi connectivity index (χ1n) is 8.21. The molecule has 0 aromatic heterocycles. The minimum Gasteiger partial charge on any atom is -0.394 e. The van der Waals surface area contributed by atoms with E-state index < -0.39 is 0 Å². The molecule has 0 aromatic rings. The van der Waals surface area contributed by atoms with Crippen molar-refractivity contribution in [1.82, 2.24) is 10.2 Å². The van der Waals surface area contributed by atoms with Gasteiger partial charge in [-0.2, -0.15) is 0 Å². The molecule has 116 valence electrons. The lowest BCUT2D eigenvalue weighted by Gasteiger charge is -2.46. The SMILES string of the molecule is CC1CN(CC(CO)(NC2CC2)C2CC2)CC(C)(C)O1. The topological polar surface area (TPSA) is 44.7 Å². The van der Waals surface area contributed by atoms with E-state index in [1.165, 1.54) is 25.7 Å². The highest BCUT2D eigenvalue weighted by molar-refractivity contribution is 5.06. The lowest BCUT2D eigenvalue weighted by molar-refractivity contribution is -0.134. The number of aliphatic hydroxyl groups is 1. The minimum atomic E-state index is -0.0814. The van der Waals surface area contributed by atoms with E-state index in [2.05, 4.69) is 31.0 Å². The van der Waals surface area contributed by atoms with E-state index in [9.17, 15) is 5.11 Å². The average Bonchev–Trinajstić information content (AvgIpc) is 3.19. The van der Waals surface area contributed by atoms with Gasteiger partial charge in [0.1, 0.15) is 0 Å². The summed E-state index contributed by atoms with van der Waals surface area (Å²) in [6.07, 6.45) is 5.36. The Bertz CT molecular complexity index is 352. The number of hydrogen-bond donors (Lipinski definition) is 2. The molecule has 4 heteroatoms. The zero-order valence-electron chi connectivity index (χ0n) is 13.2. The van der Waals surface area contributed by atoms with Gasteiger partial charge in [-0.15, -0.1) is 0 Å². The Balaban J connectivity index is 1.68. The zero-order valence-corrected chi connectivity index (χ0v) is 13.2. The Morgan fingerprint density at radius 1 is 1.30 bits per heavy atom. The molecule has 2 saturated carbocycles. The Kier molecular flexibility index (Phi) is 3.87. The fourth-order valence-corrected chi connectivity index (χ4v) is 3.89. The van der Waals surface area contributed by atoms with Crippen LogP contribution in [-0.2, 0) is 4.74 Å². The van der Waals surface area contributed by atoms with Crippen molar-refractivity contribution >= 4 is 0 Å². The van der Waals surface area contributed by atoms with Crippen molar-refractivity contribution in [2.24, 2.45) is 5.92 Å². The van der Waals surface area contributed by atoms with Gasteiger partial charge in [-0.1, -0.05) is 0 Å². The molecule has 2 atom stereocenters. The van der Waals surface area contributed by atoms with Crippen LogP contribution >= 0.6 is 0 Å². The molecule has 2 aliphatic carbocycles. The van der Waals surface area contributed by atoms with Crippen molar-refractivity contribution in [3.63, 3.8) is 0 Å². The highest BCUT2D eigenvalue weighted by Gasteiger charge is 2.49. The van der Waals surface area contributed by atoms with Gasteiger partial charge < -0.3 is 15.2 Å². The van der Waals surface area contributed by atoms with Crippen LogP contribution in [0.2, 0.25) is 0 Å². The molecule has 20 heavy (non-hydrogen) atoms. The Labute approximate surface area is 122 Å². The molecule has 3 fully saturated rings. The number of rotatable bonds is 6. The van der Waals surface area contributed by atoms with Crippen LogP contribution in [0.25, 0.3) is 0 Å². The first-order valence-corrected chi connectivity index (χ1v) is 8.21. The van der Waals surface area contributed by atoms with Crippen molar-refractivity contribution in [3.8, 4) is 0 Å². The third-order valence-electron chi connectivity index (χ3n) is 4.86. The van der Waals surface area contributed by atoms with Gasteiger partial charge in [0.05, 0.1) is 23.9 Å². The standard InChI is InChI=1S/C16H30N2O2/c1-12-8-18(9-15(2,3)20-12)10-16(11-19,13-4-5-13)17-14-6-7-14/h12-14,17,19H,4-11H2,1-3H3. The smallest absolute Gasteiger partial charge is 0.0757 e. The van der Waals surface area contributed by atoms with Gasteiger partial charge in [0.25, 0.3) is 0 Å². The molecule has 2 N–H and O–H groups in total. The molecule has 0 radical (unpaired) electrons. The van der Waals surface area contributed by atoms with E-state index in [0.29, 0.717) is 12.0 Å². The third kappa shape index (κ3) is 3.35. The molecule has 0 aromatic carbocycles. The summed E-state index contributed by atoms with van der Waals surface area (Å²) in [6, 6.07) is 0.647. The highest BCUT2D eigenvalue weighted by Crippen LogP contribution is 2.42. The summed E-state index contributed by atoms with van der Waals surface area (Å²) in [6.45, 7) is 9.65. The molecule has 1 saturated heterocycles. The maximum absolute atomic E-state index is 10.1. The number of nitrogens with zero attached hydrogens (tertiary/aromatic N) is 1. The van der Waals surface area contributed by atoms with Crippen LogP contribution in [0.5, 0.6) is 0 Å². The molecule has 3 aliphatic rings. The lowest BCUT2D eigenvalue weighted by atomic mass is 9.91. The summed E-state index contributed by atoms with van der Waals surface area (Å²) in [5.41, 5.74) is -0.156. The van der Waals surface area contributed by atoms with E-state index in [0.717, 1.165) is 19.6 Å². The molecule has 0 bridgehead atoms. The third-order valence-corrected chi connectivity index (χ3v) is 4.86. The summed E-state index contributed by atoms with van der Waals surface area (Å²) in [5, 5.41) is 13.8. The lowest BCUT2D eigenvalue weighted by Crippen LogP contribution is -2.62. The van der Waals surface area contributed by atoms with E-state index in [1.54, 1.807) is 0 Å². The number of nitrogens with one attached hydrogen (secondary N) is 1. The molecule has 0 amide bonds. The predicted molar refractivity (Wildman–Crippen MR) is 79.8 cm³/mol. The summed E-state index contributed by atoms with van der Waals surface area (Å²) >= 11 is 0. The predicted octanol–water partition coefficient (Wildman–Crippen LogP) is 1.38. The van der Waals surface area contributed by atoms with Crippen LogP contribution in [0.15, 0.2) is 0 Å². The Hall–Kier alpha value is -0.160. The van der Waals surface area contributed by atoms with Gasteiger partial charge in [0, 0.05) is 25.7 Å². The van der Waals surface area contributed by atoms with Crippen LogP contribution in [0.3, 0.4) is 0 Å². The van der Waals surface area contributed by atoms with Crippen LogP contribution < -0.4 is 5.32 Å². The fraction of sp³-hybridized carbons (Fsp3) is 1.00.